The number of hydrogen-bond acceptors (Lipinski definition) is 4. The van der Waals surface area contributed by atoms with Crippen molar-refractivity contribution in [2.75, 3.05) is 6.16 Å². The summed E-state index contributed by atoms with van der Waals surface area (Å²) in [6.07, 6.45) is 3.81. The summed E-state index contributed by atoms with van der Waals surface area (Å²) in [5.41, 5.74) is -1.05. The van der Waals surface area contributed by atoms with Crippen molar-refractivity contribution in [1.29, 1.82) is 0 Å². The van der Waals surface area contributed by atoms with E-state index in [1.54, 1.807) is 0 Å². The van der Waals surface area contributed by atoms with Gasteiger partial charge in [0.2, 0.25) is 0 Å². The van der Waals surface area contributed by atoms with Gasteiger partial charge in [0.25, 0.3) is 5.56 Å². The van der Waals surface area contributed by atoms with Gasteiger partial charge < -0.3 is 9.79 Å². The number of benzene rings is 1. The molecule has 2 rings (SSSR count). The molecule has 0 aliphatic carbocycles. The summed E-state index contributed by atoms with van der Waals surface area (Å²) in [6, 6.07) is 9.24. The van der Waals surface area contributed by atoms with Gasteiger partial charge in [-0.05, 0) is 12.1 Å². The Morgan fingerprint density at radius 3 is 2.52 bits per heavy atom. The zero-order valence-corrected chi connectivity index (χ0v) is 13.7. The average Bonchev–Trinajstić information content (AvgIpc) is 2.48. The van der Waals surface area contributed by atoms with Gasteiger partial charge in [0.05, 0.1) is 11.1 Å². The summed E-state index contributed by atoms with van der Waals surface area (Å²) in [6.45, 7) is 0.109. The molecule has 9 heteroatoms. The van der Waals surface area contributed by atoms with Gasteiger partial charge in [0.15, 0.2) is 0 Å². The minimum absolute atomic E-state index is 0.109. The number of aromatic amines is 1. The highest BCUT2D eigenvalue weighted by molar-refractivity contribution is 7.99. The Morgan fingerprint density at radius 2 is 1.87 bits per heavy atom. The quantitative estimate of drug-likeness (QED) is 0.534. The second-order valence-electron chi connectivity index (χ2n) is 4.64. The molecule has 0 unspecified atom stereocenters. The van der Waals surface area contributed by atoms with E-state index < -0.39 is 25.0 Å². The Bertz CT molecular complexity index is 853. The smallest absolute Gasteiger partial charge is 0.324 e. The van der Waals surface area contributed by atoms with Crippen LogP contribution in [0, 0.1) is 0 Å². The van der Waals surface area contributed by atoms with Crippen molar-refractivity contribution in [3.63, 3.8) is 0 Å². The molecule has 1 heterocycles. The molecule has 0 radical (unpaired) electrons. The van der Waals surface area contributed by atoms with Gasteiger partial charge in [0, 0.05) is 17.6 Å². The summed E-state index contributed by atoms with van der Waals surface area (Å²) < 4.78 is 12.0. The van der Waals surface area contributed by atoms with E-state index in [0.29, 0.717) is 4.90 Å². The molecular formula is C14H15N2O5PS. The Hall–Kier alpha value is -1.86. The van der Waals surface area contributed by atoms with E-state index in [0.717, 1.165) is 4.90 Å². The molecule has 3 N–H and O–H groups in total. The van der Waals surface area contributed by atoms with Crippen LogP contribution in [0.5, 0.6) is 0 Å². The summed E-state index contributed by atoms with van der Waals surface area (Å²) in [5, 5.41) is 0. The highest BCUT2D eigenvalue weighted by Gasteiger charge is 2.09. The molecule has 0 fully saturated rings. The molecule has 7 nitrogen and oxygen atoms in total. The van der Waals surface area contributed by atoms with Gasteiger partial charge >= 0.3 is 13.3 Å². The third-order valence-corrected chi connectivity index (χ3v) is 4.47. The van der Waals surface area contributed by atoms with Crippen LogP contribution in [0.2, 0.25) is 0 Å². The van der Waals surface area contributed by atoms with E-state index in [4.69, 9.17) is 9.79 Å². The number of allylic oxidation sites excluding steroid dienone is 2. The second-order valence-corrected chi connectivity index (χ2v) is 7.45. The van der Waals surface area contributed by atoms with Crippen molar-refractivity contribution in [1.82, 2.24) is 9.55 Å². The maximum Gasteiger partial charge on any atom is 0.329 e. The van der Waals surface area contributed by atoms with Crippen LogP contribution >= 0.6 is 19.4 Å². The maximum absolute atomic E-state index is 11.8. The minimum atomic E-state index is -4.10. The van der Waals surface area contributed by atoms with E-state index >= 15 is 0 Å². The fraction of sp³-hybridized carbons (Fsp3) is 0.143. The molecule has 0 bridgehead atoms. The molecule has 0 aliphatic rings. The number of nitrogens with one attached hydrogen (secondary N) is 1. The predicted molar refractivity (Wildman–Crippen MR) is 87.9 cm³/mol. The van der Waals surface area contributed by atoms with Crippen molar-refractivity contribution in [3.8, 4) is 0 Å². The summed E-state index contributed by atoms with van der Waals surface area (Å²) in [7, 11) is -4.10. The number of rotatable bonds is 6. The molecule has 2 aromatic rings. The van der Waals surface area contributed by atoms with Gasteiger partial charge in [-0.25, -0.2) is 4.79 Å². The first-order chi connectivity index (χ1) is 10.8. The van der Waals surface area contributed by atoms with Crippen molar-refractivity contribution < 1.29 is 14.4 Å². The van der Waals surface area contributed by atoms with E-state index in [2.05, 4.69) is 4.98 Å². The van der Waals surface area contributed by atoms with Crippen LogP contribution in [-0.4, -0.2) is 25.5 Å². The molecule has 0 aliphatic heterocycles. The van der Waals surface area contributed by atoms with Crippen LogP contribution in [0.15, 0.2) is 68.1 Å². The lowest BCUT2D eigenvalue weighted by molar-refractivity contribution is 0.377. The van der Waals surface area contributed by atoms with Crippen molar-refractivity contribution in [2.24, 2.45) is 0 Å². The molecule has 0 saturated carbocycles. The van der Waals surface area contributed by atoms with Gasteiger partial charge in [-0.2, -0.15) is 0 Å². The summed E-state index contributed by atoms with van der Waals surface area (Å²) in [5.74, 6) is 0. The summed E-state index contributed by atoms with van der Waals surface area (Å²) >= 11 is 1.23. The highest BCUT2D eigenvalue weighted by Crippen LogP contribution is 2.33. The van der Waals surface area contributed by atoms with Gasteiger partial charge in [-0.15, -0.1) is 0 Å². The summed E-state index contributed by atoms with van der Waals surface area (Å²) in [4.78, 5) is 44.6. The number of H-pyrrole nitrogens is 1. The van der Waals surface area contributed by atoms with Gasteiger partial charge in [-0.3, -0.25) is 18.9 Å². The van der Waals surface area contributed by atoms with Crippen molar-refractivity contribution in [2.45, 2.75) is 16.3 Å². The second kappa shape index (κ2) is 7.61. The third-order valence-electron chi connectivity index (χ3n) is 2.76. The largest absolute Gasteiger partial charge is 0.329 e. The number of hydrogen-bond donors (Lipinski definition) is 3. The Balaban J connectivity index is 2.18. The van der Waals surface area contributed by atoms with Crippen LogP contribution < -0.4 is 11.2 Å². The molecule has 0 amide bonds. The molecule has 1 aromatic carbocycles. The standard InChI is InChI=1S/C14H15N2O5PS/c17-13-12(23-11-6-2-1-3-7-11)10-16(14(18)15-13)8-4-5-9-22(19,20)21/h1-7,10H,8-9H2,(H,15,17,18)(H2,19,20,21)/b5-4+. The van der Waals surface area contributed by atoms with Crippen LogP contribution in [0.25, 0.3) is 0 Å². The fourth-order valence-electron chi connectivity index (χ4n) is 1.71. The van der Waals surface area contributed by atoms with Crippen LogP contribution in [0.1, 0.15) is 0 Å². The Kier molecular flexibility index (Phi) is 5.79. The molecule has 1 aromatic heterocycles. The van der Waals surface area contributed by atoms with Crippen LogP contribution in [0.3, 0.4) is 0 Å². The molecule has 0 atom stereocenters. The monoisotopic (exact) mass is 354 g/mol. The first-order valence-electron chi connectivity index (χ1n) is 6.61. The van der Waals surface area contributed by atoms with Crippen molar-refractivity contribution >= 4 is 19.4 Å². The van der Waals surface area contributed by atoms with E-state index in [1.165, 1.54) is 34.7 Å². The normalized spacial score (nSPS) is 11.9. The first-order valence-corrected chi connectivity index (χ1v) is 9.23. The van der Waals surface area contributed by atoms with Crippen molar-refractivity contribution in [3.05, 3.63) is 69.5 Å². The highest BCUT2D eigenvalue weighted by atomic mass is 32.2. The first kappa shape index (κ1) is 17.5. The van der Waals surface area contributed by atoms with Gasteiger partial charge in [0.1, 0.15) is 0 Å². The lowest BCUT2D eigenvalue weighted by atomic mass is 10.4. The van der Waals surface area contributed by atoms with Crippen LogP contribution in [0.4, 0.5) is 0 Å². The van der Waals surface area contributed by atoms with E-state index in [-0.39, 0.29) is 6.54 Å². The lowest BCUT2D eigenvalue weighted by Crippen LogP contribution is -2.30. The van der Waals surface area contributed by atoms with E-state index in [9.17, 15) is 14.2 Å². The Morgan fingerprint density at radius 1 is 1.17 bits per heavy atom. The third kappa shape index (κ3) is 5.69. The molecular weight excluding hydrogens is 339 g/mol. The SMILES string of the molecule is O=c1[nH]c(=O)n(C/C=C/CP(=O)(O)O)cc1Sc1ccccc1. The fourth-order valence-corrected chi connectivity index (χ4v) is 3.01. The van der Waals surface area contributed by atoms with Gasteiger partial charge in [-0.1, -0.05) is 42.1 Å². The average molecular weight is 354 g/mol. The predicted octanol–water partition coefficient (Wildman–Crippen LogP) is 1.42. The lowest BCUT2D eigenvalue weighted by Gasteiger charge is -2.05. The number of nitrogens with zero attached hydrogens (tertiary/aromatic N) is 1. The number of aromatic nitrogens is 2. The molecule has 122 valence electrons. The minimum Gasteiger partial charge on any atom is -0.324 e. The zero-order chi connectivity index (χ0) is 16.9. The Labute approximate surface area is 135 Å². The molecule has 0 spiro atoms. The van der Waals surface area contributed by atoms with E-state index in [1.807, 2.05) is 30.3 Å². The van der Waals surface area contributed by atoms with Crippen LogP contribution in [-0.2, 0) is 11.1 Å². The zero-order valence-electron chi connectivity index (χ0n) is 12.0. The maximum atomic E-state index is 11.8. The molecule has 23 heavy (non-hydrogen) atoms. The molecule has 0 saturated heterocycles. The topological polar surface area (TPSA) is 112 Å².